The van der Waals surface area contributed by atoms with E-state index in [9.17, 15) is 14.4 Å². The van der Waals surface area contributed by atoms with Crippen molar-refractivity contribution in [2.45, 2.75) is 10.1 Å². The molecule has 248 valence electrons. The summed E-state index contributed by atoms with van der Waals surface area (Å²) in [4.78, 5) is 41.3. The zero-order valence-electron chi connectivity index (χ0n) is 27.1. The normalized spacial score (nSPS) is 11.5. The Labute approximate surface area is 289 Å². The minimum absolute atomic E-state index is 0.0144. The van der Waals surface area contributed by atoms with E-state index in [1.54, 1.807) is 98.1 Å². The summed E-state index contributed by atoms with van der Waals surface area (Å²) in [5.41, 5.74) is 2.82. The summed E-state index contributed by atoms with van der Waals surface area (Å²) in [6.07, 6.45) is 1.53. The molecule has 5 aromatic rings. The molecular formula is C39H35N3O6S. The SMILES string of the molecule is COc1ccc(NC(=O)C(Sc2cccc(NC(=O)/C(=C\c3cccc(OC)c3OC)NC(=O)c3ccccc3)c2)c2ccccc2)cc1. The molecule has 0 aliphatic carbocycles. The molecule has 10 heteroatoms. The molecule has 49 heavy (non-hydrogen) atoms. The van der Waals surface area contributed by atoms with Gasteiger partial charge in [-0.3, -0.25) is 14.4 Å². The van der Waals surface area contributed by atoms with E-state index in [0.29, 0.717) is 39.8 Å². The maximum absolute atomic E-state index is 13.8. The fourth-order valence-corrected chi connectivity index (χ4v) is 5.97. The molecule has 0 aromatic heterocycles. The summed E-state index contributed by atoms with van der Waals surface area (Å²) < 4.78 is 16.2. The number of hydrogen-bond acceptors (Lipinski definition) is 7. The van der Waals surface area contributed by atoms with Gasteiger partial charge in [-0.25, -0.2) is 0 Å². The van der Waals surface area contributed by atoms with Gasteiger partial charge in [0.05, 0.1) is 21.3 Å². The summed E-state index contributed by atoms with van der Waals surface area (Å²) in [6, 6.07) is 37.6. The van der Waals surface area contributed by atoms with Crippen molar-refractivity contribution in [2.75, 3.05) is 32.0 Å². The second-order valence-corrected chi connectivity index (χ2v) is 11.7. The van der Waals surface area contributed by atoms with Crippen molar-refractivity contribution in [3.63, 3.8) is 0 Å². The van der Waals surface area contributed by atoms with Crippen molar-refractivity contribution in [1.82, 2.24) is 5.32 Å². The number of amides is 3. The van der Waals surface area contributed by atoms with Gasteiger partial charge in [0.1, 0.15) is 16.7 Å². The molecule has 0 spiro atoms. The first kappa shape index (κ1) is 34.3. The minimum atomic E-state index is -0.601. The van der Waals surface area contributed by atoms with Crippen molar-refractivity contribution in [3.05, 3.63) is 150 Å². The lowest BCUT2D eigenvalue weighted by Crippen LogP contribution is -2.30. The van der Waals surface area contributed by atoms with Gasteiger partial charge in [0.2, 0.25) is 5.91 Å². The standard InChI is InChI=1S/C39H35N3O6S/c1-46-31-22-20-29(21-23-31)40-39(45)36(26-12-6-4-7-13-26)49-32-18-11-17-30(25-32)41-38(44)33(42-37(43)27-14-8-5-9-15-27)24-28-16-10-19-34(47-2)35(28)48-3/h4-25,36H,1-3H3,(H,40,45)(H,41,44)(H,42,43)/b33-24+. The van der Waals surface area contributed by atoms with Crippen molar-refractivity contribution < 1.29 is 28.6 Å². The zero-order chi connectivity index (χ0) is 34.6. The van der Waals surface area contributed by atoms with Gasteiger partial charge in [0, 0.05) is 27.4 Å². The van der Waals surface area contributed by atoms with Gasteiger partial charge >= 0.3 is 0 Å². The zero-order valence-corrected chi connectivity index (χ0v) is 28.0. The number of rotatable bonds is 13. The van der Waals surface area contributed by atoms with Crippen LogP contribution in [0.2, 0.25) is 0 Å². The van der Waals surface area contributed by atoms with E-state index in [2.05, 4.69) is 16.0 Å². The third-order valence-electron chi connectivity index (χ3n) is 7.31. The Morgan fingerprint density at radius 2 is 1.37 bits per heavy atom. The van der Waals surface area contributed by atoms with Crippen LogP contribution in [-0.2, 0) is 9.59 Å². The maximum atomic E-state index is 13.8. The van der Waals surface area contributed by atoms with Crippen LogP contribution >= 0.6 is 11.8 Å². The summed E-state index contributed by atoms with van der Waals surface area (Å²) in [7, 11) is 4.61. The molecule has 3 amide bonds. The van der Waals surface area contributed by atoms with Crippen LogP contribution in [0.1, 0.15) is 26.7 Å². The molecule has 0 radical (unpaired) electrons. The summed E-state index contributed by atoms with van der Waals surface area (Å²) in [5, 5.41) is 8.04. The number of anilines is 2. The molecule has 1 unspecified atom stereocenters. The first-order valence-electron chi connectivity index (χ1n) is 15.3. The summed E-state index contributed by atoms with van der Waals surface area (Å²) >= 11 is 1.34. The highest BCUT2D eigenvalue weighted by molar-refractivity contribution is 8.00. The number of methoxy groups -OCH3 is 3. The second kappa shape index (κ2) is 16.7. The Hall–Kier alpha value is -6.00. The van der Waals surface area contributed by atoms with Crippen LogP contribution in [0.5, 0.6) is 17.2 Å². The molecule has 5 rings (SSSR count). The summed E-state index contributed by atoms with van der Waals surface area (Å²) in [6.45, 7) is 0. The van der Waals surface area contributed by atoms with E-state index < -0.39 is 17.1 Å². The third-order valence-corrected chi connectivity index (χ3v) is 8.55. The van der Waals surface area contributed by atoms with Gasteiger partial charge in [-0.2, -0.15) is 0 Å². The van der Waals surface area contributed by atoms with Crippen LogP contribution < -0.4 is 30.2 Å². The highest BCUT2D eigenvalue weighted by atomic mass is 32.2. The Balaban J connectivity index is 1.40. The van der Waals surface area contributed by atoms with Gasteiger partial charge in [-0.1, -0.05) is 66.7 Å². The smallest absolute Gasteiger partial charge is 0.272 e. The lowest BCUT2D eigenvalue weighted by Gasteiger charge is -2.18. The van der Waals surface area contributed by atoms with E-state index in [1.165, 1.54) is 32.1 Å². The second-order valence-electron chi connectivity index (χ2n) is 10.6. The van der Waals surface area contributed by atoms with Gasteiger partial charge < -0.3 is 30.2 Å². The fourth-order valence-electron chi connectivity index (χ4n) is 4.89. The molecule has 0 saturated carbocycles. The van der Waals surface area contributed by atoms with Gasteiger partial charge in [-0.15, -0.1) is 11.8 Å². The average molecular weight is 674 g/mol. The topological polar surface area (TPSA) is 115 Å². The molecule has 9 nitrogen and oxygen atoms in total. The molecule has 0 aliphatic heterocycles. The fraction of sp³-hybridized carbons (Fsp3) is 0.103. The Morgan fingerprint density at radius 1 is 0.673 bits per heavy atom. The number of nitrogens with one attached hydrogen (secondary N) is 3. The predicted molar refractivity (Wildman–Crippen MR) is 193 cm³/mol. The number of carbonyl (C=O) groups excluding carboxylic acids is 3. The molecule has 0 fully saturated rings. The molecule has 0 aliphatic rings. The van der Waals surface area contributed by atoms with Crippen LogP contribution in [0.15, 0.2) is 138 Å². The number of hydrogen-bond donors (Lipinski definition) is 3. The Morgan fingerprint density at radius 3 is 2.04 bits per heavy atom. The van der Waals surface area contributed by atoms with Crippen LogP contribution in [0.3, 0.4) is 0 Å². The van der Waals surface area contributed by atoms with Crippen LogP contribution in [0.25, 0.3) is 6.08 Å². The van der Waals surface area contributed by atoms with Gasteiger partial charge in [0.25, 0.3) is 11.8 Å². The monoisotopic (exact) mass is 673 g/mol. The molecular weight excluding hydrogens is 639 g/mol. The van der Waals surface area contributed by atoms with Crippen molar-refractivity contribution in [2.24, 2.45) is 0 Å². The number of thioether (sulfide) groups is 1. The molecule has 0 heterocycles. The van der Waals surface area contributed by atoms with Crippen molar-refractivity contribution in [3.8, 4) is 17.2 Å². The minimum Gasteiger partial charge on any atom is -0.497 e. The molecule has 0 bridgehead atoms. The number of ether oxygens (including phenoxy) is 3. The van der Waals surface area contributed by atoms with Gasteiger partial charge in [-0.05, 0) is 72.3 Å². The molecule has 5 aromatic carbocycles. The Bertz CT molecular complexity index is 1930. The molecule has 0 saturated heterocycles. The van der Waals surface area contributed by atoms with Crippen molar-refractivity contribution in [1.29, 1.82) is 0 Å². The average Bonchev–Trinajstić information content (AvgIpc) is 3.14. The Kier molecular flexibility index (Phi) is 11.7. The molecule has 3 N–H and O–H groups in total. The van der Waals surface area contributed by atoms with Crippen LogP contribution in [0, 0.1) is 0 Å². The predicted octanol–water partition coefficient (Wildman–Crippen LogP) is 7.59. The highest BCUT2D eigenvalue weighted by Crippen LogP contribution is 2.37. The van der Waals surface area contributed by atoms with Crippen LogP contribution in [-0.4, -0.2) is 39.1 Å². The third kappa shape index (κ3) is 9.09. The van der Waals surface area contributed by atoms with Crippen LogP contribution in [0.4, 0.5) is 11.4 Å². The van der Waals surface area contributed by atoms with E-state index in [4.69, 9.17) is 14.2 Å². The number of para-hydroxylation sites is 1. The molecule has 1 atom stereocenters. The number of carbonyl (C=O) groups is 3. The van der Waals surface area contributed by atoms with E-state index in [-0.39, 0.29) is 11.6 Å². The lowest BCUT2D eigenvalue weighted by atomic mass is 10.1. The number of benzene rings is 5. The van der Waals surface area contributed by atoms with Crippen molar-refractivity contribution >= 4 is 46.9 Å². The first-order valence-corrected chi connectivity index (χ1v) is 16.1. The first-order chi connectivity index (χ1) is 23.9. The van der Waals surface area contributed by atoms with E-state index >= 15 is 0 Å². The van der Waals surface area contributed by atoms with E-state index in [1.807, 2.05) is 36.4 Å². The summed E-state index contributed by atoms with van der Waals surface area (Å²) in [5.74, 6) is 0.333. The largest absolute Gasteiger partial charge is 0.497 e. The van der Waals surface area contributed by atoms with Gasteiger partial charge in [0.15, 0.2) is 11.5 Å². The highest BCUT2D eigenvalue weighted by Gasteiger charge is 2.23. The lowest BCUT2D eigenvalue weighted by molar-refractivity contribution is -0.116. The maximum Gasteiger partial charge on any atom is 0.272 e. The van der Waals surface area contributed by atoms with E-state index in [0.717, 1.165) is 10.5 Å². The quantitative estimate of drug-likeness (QED) is 0.0872.